The largest absolute Gasteiger partial charge is 0.393 e. The summed E-state index contributed by atoms with van der Waals surface area (Å²) in [6.45, 7) is 9.96. The lowest BCUT2D eigenvalue weighted by atomic mass is 9.44. The Morgan fingerprint density at radius 1 is 1.02 bits per heavy atom. The van der Waals surface area contributed by atoms with Gasteiger partial charge in [0.1, 0.15) is 5.82 Å². The molecule has 0 saturated heterocycles. The van der Waals surface area contributed by atoms with Gasteiger partial charge in [-0.3, -0.25) is 4.55 Å². The third kappa shape index (κ3) is 6.87. The molecule has 0 spiro atoms. The van der Waals surface area contributed by atoms with E-state index in [9.17, 15) is 13.5 Å². The molecule has 1 aromatic heterocycles. The molecular weight excluding hydrogens is 558 g/mol. The molecule has 7 nitrogen and oxygen atoms in total. The summed E-state index contributed by atoms with van der Waals surface area (Å²) in [5, 5.41) is 10.4. The number of imidazole rings is 1. The molecule has 4 aliphatic carbocycles. The van der Waals surface area contributed by atoms with Crippen LogP contribution in [-0.4, -0.2) is 65.5 Å². The zero-order valence-electron chi connectivity index (χ0n) is 27.5. The smallest absolute Gasteiger partial charge is 0.261 e. The highest BCUT2D eigenvalue weighted by Crippen LogP contribution is 2.68. The van der Waals surface area contributed by atoms with E-state index in [2.05, 4.69) is 68.6 Å². The number of likely N-dealkylation sites (N-methyl/N-ethyl adjacent to an activating group) is 1. The zero-order chi connectivity index (χ0) is 31.2. The summed E-state index contributed by atoms with van der Waals surface area (Å²) in [5.41, 5.74) is 3.45. The van der Waals surface area contributed by atoms with Gasteiger partial charge >= 0.3 is 0 Å². The van der Waals surface area contributed by atoms with Crippen LogP contribution in [0.3, 0.4) is 0 Å². The number of para-hydroxylation sites is 2. The van der Waals surface area contributed by atoms with Gasteiger partial charge in [0.2, 0.25) is 0 Å². The number of benzene rings is 1. The van der Waals surface area contributed by atoms with Crippen LogP contribution in [0, 0.1) is 46.3 Å². The Kier molecular flexibility index (Phi) is 9.74. The monoisotopic (exact) mass is 615 g/mol. The molecule has 0 bridgehead atoms. The second-order valence-electron chi connectivity index (χ2n) is 15.5. The van der Waals surface area contributed by atoms with Gasteiger partial charge in [0.25, 0.3) is 10.1 Å². The standard InChI is InChI=1S/C34H53N3O.CH4O3S/c1-23(10-15-32-35-30-8-6-7-9-31(30)37(32)21-20-36(4)5)27-13-14-28-26-12-11-24-22-25(38)16-18-33(24,2)29(26)17-19-34(27,28)3;1-5(2,3)4/h6-9,23-29,38H,10-22H2,1-5H3;1H3,(H,2,3,4). The van der Waals surface area contributed by atoms with E-state index in [0.29, 0.717) is 17.1 Å². The molecule has 2 N–H and O–H groups in total. The Morgan fingerprint density at radius 2 is 1.70 bits per heavy atom. The van der Waals surface area contributed by atoms with Gasteiger partial charge in [0, 0.05) is 19.5 Å². The number of aliphatic hydroxyl groups is 1. The van der Waals surface area contributed by atoms with Crippen LogP contribution in [0.2, 0.25) is 0 Å². The Labute approximate surface area is 260 Å². The fraction of sp³-hybridized carbons (Fsp3) is 0.800. The average Bonchev–Trinajstić information content (AvgIpc) is 3.47. The molecule has 1 heterocycles. The number of rotatable bonds is 7. The first-order valence-electron chi connectivity index (χ1n) is 16.9. The SMILES string of the molecule is CC(CCc1nc2ccccc2n1CCN(C)C)C1CCC2C3CCC4CC(O)CCC4(C)C3CCC12C.CS(=O)(=O)O. The molecule has 4 aliphatic rings. The van der Waals surface area contributed by atoms with Gasteiger partial charge < -0.3 is 14.6 Å². The van der Waals surface area contributed by atoms with Crippen molar-refractivity contribution in [1.82, 2.24) is 14.5 Å². The Morgan fingerprint density at radius 3 is 2.42 bits per heavy atom. The van der Waals surface area contributed by atoms with Gasteiger partial charge in [0.05, 0.1) is 23.4 Å². The zero-order valence-corrected chi connectivity index (χ0v) is 28.3. The molecule has 242 valence electrons. The molecule has 43 heavy (non-hydrogen) atoms. The maximum absolute atomic E-state index is 10.4. The molecule has 8 heteroatoms. The third-order valence-corrected chi connectivity index (χ3v) is 12.7. The summed E-state index contributed by atoms with van der Waals surface area (Å²) in [7, 11) is 0.661. The van der Waals surface area contributed by atoms with Crippen molar-refractivity contribution in [3.05, 3.63) is 30.1 Å². The van der Waals surface area contributed by atoms with E-state index in [-0.39, 0.29) is 6.10 Å². The first-order valence-corrected chi connectivity index (χ1v) is 18.7. The molecule has 4 fully saturated rings. The summed E-state index contributed by atoms with van der Waals surface area (Å²) in [6.07, 6.45) is 14.9. The van der Waals surface area contributed by atoms with Crippen molar-refractivity contribution in [2.24, 2.45) is 46.3 Å². The number of hydrogen-bond donors (Lipinski definition) is 2. The number of aromatic nitrogens is 2. The van der Waals surface area contributed by atoms with Crippen LogP contribution in [0.1, 0.15) is 90.8 Å². The van der Waals surface area contributed by atoms with Crippen molar-refractivity contribution in [3.63, 3.8) is 0 Å². The summed E-state index contributed by atoms with van der Waals surface area (Å²) < 4.78 is 28.4. The molecule has 1 aromatic carbocycles. The van der Waals surface area contributed by atoms with Gasteiger partial charge in [-0.25, -0.2) is 4.98 Å². The third-order valence-electron chi connectivity index (χ3n) is 12.7. The maximum Gasteiger partial charge on any atom is 0.261 e. The molecule has 0 amide bonds. The Bertz CT molecular complexity index is 1350. The molecule has 4 saturated carbocycles. The average molecular weight is 616 g/mol. The minimum atomic E-state index is -3.67. The van der Waals surface area contributed by atoms with E-state index < -0.39 is 10.1 Å². The normalized spacial score (nSPS) is 36.4. The summed E-state index contributed by atoms with van der Waals surface area (Å²) in [4.78, 5) is 7.40. The molecule has 9 atom stereocenters. The quantitative estimate of drug-likeness (QED) is 0.337. The van der Waals surface area contributed by atoms with E-state index in [1.54, 1.807) is 0 Å². The van der Waals surface area contributed by atoms with E-state index >= 15 is 0 Å². The number of fused-ring (bicyclic) bond motifs is 6. The highest BCUT2D eigenvalue weighted by Gasteiger charge is 2.60. The fourth-order valence-electron chi connectivity index (χ4n) is 10.6. The molecule has 2 aromatic rings. The lowest BCUT2D eigenvalue weighted by Crippen LogP contribution is -2.54. The number of hydrogen-bond acceptors (Lipinski definition) is 5. The van der Waals surface area contributed by atoms with Crippen molar-refractivity contribution in [2.45, 2.75) is 104 Å². The lowest BCUT2D eigenvalue weighted by Gasteiger charge is -2.61. The molecule has 9 unspecified atom stereocenters. The van der Waals surface area contributed by atoms with Gasteiger partial charge in [-0.15, -0.1) is 0 Å². The van der Waals surface area contributed by atoms with Crippen LogP contribution in [-0.2, 0) is 23.1 Å². The Hall–Kier alpha value is -1.48. The van der Waals surface area contributed by atoms with Crippen LogP contribution in [0.15, 0.2) is 24.3 Å². The summed E-state index contributed by atoms with van der Waals surface area (Å²) >= 11 is 0. The van der Waals surface area contributed by atoms with Crippen LogP contribution >= 0.6 is 0 Å². The van der Waals surface area contributed by atoms with E-state index in [1.807, 2.05) is 0 Å². The van der Waals surface area contributed by atoms with E-state index in [0.717, 1.165) is 73.4 Å². The van der Waals surface area contributed by atoms with Crippen LogP contribution < -0.4 is 0 Å². The molecule has 0 aliphatic heterocycles. The highest BCUT2D eigenvalue weighted by molar-refractivity contribution is 7.85. The predicted molar refractivity (Wildman–Crippen MR) is 174 cm³/mol. The predicted octanol–water partition coefficient (Wildman–Crippen LogP) is 6.69. The summed E-state index contributed by atoms with van der Waals surface area (Å²) in [5.74, 6) is 6.40. The van der Waals surface area contributed by atoms with E-state index in [1.165, 1.54) is 62.7 Å². The first kappa shape index (κ1) is 32.9. The topological polar surface area (TPSA) is 95.7 Å². The number of aliphatic hydroxyl groups excluding tert-OH is 1. The van der Waals surface area contributed by atoms with Gasteiger partial charge in [-0.2, -0.15) is 8.42 Å². The van der Waals surface area contributed by atoms with Gasteiger partial charge in [-0.1, -0.05) is 32.9 Å². The number of nitrogens with zero attached hydrogens (tertiary/aromatic N) is 3. The molecule has 6 rings (SSSR count). The van der Waals surface area contributed by atoms with Crippen LogP contribution in [0.25, 0.3) is 11.0 Å². The van der Waals surface area contributed by atoms with Crippen LogP contribution in [0.4, 0.5) is 0 Å². The molecule has 0 radical (unpaired) electrons. The lowest BCUT2D eigenvalue weighted by molar-refractivity contribution is -0.129. The second kappa shape index (κ2) is 12.7. The van der Waals surface area contributed by atoms with Crippen molar-refractivity contribution >= 4 is 21.2 Å². The van der Waals surface area contributed by atoms with Crippen molar-refractivity contribution in [3.8, 4) is 0 Å². The number of aryl methyl sites for hydroxylation is 1. The maximum atomic E-state index is 10.4. The molecular formula is C35H57N3O4S. The van der Waals surface area contributed by atoms with Crippen molar-refractivity contribution in [1.29, 1.82) is 0 Å². The van der Waals surface area contributed by atoms with Crippen molar-refractivity contribution < 1.29 is 18.1 Å². The minimum Gasteiger partial charge on any atom is -0.393 e. The Balaban J connectivity index is 0.000000682. The van der Waals surface area contributed by atoms with Gasteiger partial charge in [-0.05, 0) is 137 Å². The highest BCUT2D eigenvalue weighted by atomic mass is 32.2. The second-order valence-corrected chi connectivity index (χ2v) is 17.0. The van der Waals surface area contributed by atoms with Crippen molar-refractivity contribution in [2.75, 3.05) is 26.9 Å². The summed E-state index contributed by atoms with van der Waals surface area (Å²) in [6, 6.07) is 8.70. The first-order chi connectivity index (χ1) is 20.2. The van der Waals surface area contributed by atoms with E-state index in [4.69, 9.17) is 9.54 Å². The van der Waals surface area contributed by atoms with Gasteiger partial charge in [0.15, 0.2) is 0 Å². The minimum absolute atomic E-state index is 0.0359. The fourth-order valence-corrected chi connectivity index (χ4v) is 10.6. The van der Waals surface area contributed by atoms with Crippen LogP contribution in [0.5, 0.6) is 0 Å².